The molecule has 4 rings (SSSR count). The van der Waals surface area contributed by atoms with Gasteiger partial charge in [0.2, 0.25) is 0 Å². The van der Waals surface area contributed by atoms with E-state index in [9.17, 15) is 36.2 Å². The summed E-state index contributed by atoms with van der Waals surface area (Å²) < 4.78 is 78.7. The van der Waals surface area contributed by atoms with Crippen molar-refractivity contribution in [1.29, 1.82) is 0 Å². The Morgan fingerprint density at radius 1 is 0.476 bits per heavy atom. The molecule has 0 aliphatic rings. The molecule has 0 bridgehead atoms. The van der Waals surface area contributed by atoms with E-state index in [4.69, 9.17) is 9.47 Å². The number of phenols is 1. The van der Waals surface area contributed by atoms with Crippen LogP contribution in [-0.2, 0) is 33.1 Å². The second kappa shape index (κ2) is 31.9. The van der Waals surface area contributed by atoms with Crippen LogP contribution in [0, 0.1) is 0 Å². The van der Waals surface area contributed by atoms with Gasteiger partial charge >= 0.3 is 37.7 Å². The summed E-state index contributed by atoms with van der Waals surface area (Å²) >= 11 is 0. The van der Waals surface area contributed by atoms with Crippen molar-refractivity contribution < 1.29 is 45.6 Å². The van der Waals surface area contributed by atoms with Crippen LogP contribution in [0.25, 0.3) is 0 Å². The maximum atomic E-state index is 11.8. The summed E-state index contributed by atoms with van der Waals surface area (Å²) in [6, 6.07) is 21.0. The Kier molecular flexibility index (Phi) is 28.5. The smallest absolute Gasteiger partial charge is 0.872 e. The number of rotatable bonds is 30. The first-order chi connectivity index (χ1) is 29.8. The fourth-order valence-electron chi connectivity index (χ4n) is 7.40. The summed E-state index contributed by atoms with van der Waals surface area (Å²) in [7, 11) is -9.04. The Labute approximate surface area is 408 Å². The summed E-state index contributed by atoms with van der Waals surface area (Å²) in [5, 5.41) is 21.7. The summed E-state index contributed by atoms with van der Waals surface area (Å²) in [5.41, 5.74) is 1.56. The molecule has 0 saturated heterocycles. The molecule has 63 heavy (non-hydrogen) atoms. The molecule has 0 spiro atoms. The normalized spacial score (nSPS) is 11.4. The maximum Gasteiger partial charge on any atom is 2.00 e. The third-order valence-corrected chi connectivity index (χ3v) is 12.6. The Bertz CT molecular complexity index is 1940. The zero-order valence-electron chi connectivity index (χ0n) is 37.7. The molecule has 0 unspecified atom stereocenters. The van der Waals surface area contributed by atoms with Crippen LogP contribution in [0.2, 0.25) is 0 Å². The standard InChI is InChI=1S/2C25H36O5S.Ca/c2*1-2-3-4-5-6-7-8-9-10-11-12-15-21-20-22(26)18-19-23(21)30-24-16-13-14-17-25(24)31(27,28)29;/h2*13-14,16-20,26H,2-12,15H2,1H3,(H,27,28,29);/q;;+2/p-2. The number of para-hydroxylation sites is 2. The Morgan fingerprint density at radius 2 is 0.841 bits per heavy atom. The van der Waals surface area contributed by atoms with E-state index in [1.807, 2.05) is 0 Å². The number of aryl methyl sites for hydroxylation is 2. The zero-order valence-corrected chi connectivity index (χ0v) is 41.6. The van der Waals surface area contributed by atoms with Crippen molar-refractivity contribution in [3.63, 3.8) is 0 Å². The van der Waals surface area contributed by atoms with Crippen molar-refractivity contribution in [2.45, 2.75) is 178 Å². The first-order valence-corrected chi connectivity index (χ1v) is 25.8. The predicted octanol–water partition coefficient (Wildman–Crippen LogP) is 13.2. The quantitative estimate of drug-likeness (QED) is 0.0291. The number of ether oxygens (including phenoxy) is 2. The summed E-state index contributed by atoms with van der Waals surface area (Å²) in [5.74, 6) is 0.986. The van der Waals surface area contributed by atoms with Gasteiger partial charge < -0.3 is 24.2 Å². The van der Waals surface area contributed by atoms with E-state index in [0.29, 0.717) is 17.9 Å². The molecule has 344 valence electrons. The van der Waals surface area contributed by atoms with Crippen molar-refractivity contribution >= 4 is 58.0 Å². The molecule has 10 nitrogen and oxygen atoms in total. The molecule has 0 saturated carbocycles. The monoisotopic (exact) mass is 934 g/mol. The number of hydrogen-bond acceptors (Lipinski definition) is 9. The first-order valence-electron chi connectivity index (χ1n) is 22.9. The van der Waals surface area contributed by atoms with Crippen LogP contribution in [0.3, 0.4) is 0 Å². The van der Waals surface area contributed by atoms with Gasteiger partial charge in [0, 0.05) is 0 Å². The summed E-state index contributed by atoms with van der Waals surface area (Å²) in [6.45, 7) is 4.47. The molecule has 0 aromatic heterocycles. The molecule has 0 atom stereocenters. The van der Waals surface area contributed by atoms with Gasteiger partial charge in [0.25, 0.3) is 10.1 Å². The molecule has 0 radical (unpaired) electrons. The third-order valence-electron chi connectivity index (χ3n) is 10.9. The number of unbranched alkanes of at least 4 members (excludes halogenated alkanes) is 20. The topological polar surface area (TPSA) is 173 Å². The van der Waals surface area contributed by atoms with E-state index in [-0.39, 0.29) is 65.6 Å². The van der Waals surface area contributed by atoms with Gasteiger partial charge in [-0.25, -0.2) is 8.42 Å². The second-order valence-electron chi connectivity index (χ2n) is 16.2. The van der Waals surface area contributed by atoms with Gasteiger partial charge in [0.1, 0.15) is 43.8 Å². The second-order valence-corrected chi connectivity index (χ2v) is 18.9. The molecule has 4 aromatic carbocycles. The molecule has 0 aliphatic heterocycles. The van der Waals surface area contributed by atoms with Gasteiger partial charge in [-0.3, -0.25) is 4.55 Å². The average Bonchev–Trinajstić information content (AvgIpc) is 3.23. The molecule has 0 fully saturated rings. The van der Waals surface area contributed by atoms with Gasteiger partial charge in [-0.15, -0.1) is 5.75 Å². The molecule has 0 amide bonds. The van der Waals surface area contributed by atoms with Crippen LogP contribution < -0.4 is 14.6 Å². The number of benzene rings is 4. The van der Waals surface area contributed by atoms with Crippen LogP contribution in [-0.4, -0.2) is 68.8 Å². The molecular formula is C50H70CaO10S2. The maximum absolute atomic E-state index is 11.8. The van der Waals surface area contributed by atoms with E-state index in [1.54, 1.807) is 30.3 Å². The minimum atomic E-state index is -4.65. The summed E-state index contributed by atoms with van der Waals surface area (Å²) in [4.78, 5) is -0.675. The average molecular weight is 935 g/mol. The first kappa shape index (κ1) is 56.3. The van der Waals surface area contributed by atoms with Gasteiger partial charge in [-0.1, -0.05) is 179 Å². The van der Waals surface area contributed by atoms with Crippen LogP contribution in [0.5, 0.6) is 34.5 Å². The predicted molar refractivity (Wildman–Crippen MR) is 251 cm³/mol. The van der Waals surface area contributed by atoms with E-state index >= 15 is 0 Å². The largest absolute Gasteiger partial charge is 2.00 e. The Hall–Kier alpha value is -2.84. The number of phenolic OH excluding ortho intramolecular Hbond substituents is 1. The zero-order chi connectivity index (χ0) is 45.1. The van der Waals surface area contributed by atoms with Gasteiger partial charge in [0.05, 0.1) is 4.90 Å². The van der Waals surface area contributed by atoms with Crippen molar-refractivity contribution in [3.8, 4) is 34.5 Å². The Balaban J connectivity index is 0.000000427. The van der Waals surface area contributed by atoms with Gasteiger partial charge in [-0.05, 0) is 85.3 Å². The van der Waals surface area contributed by atoms with Crippen molar-refractivity contribution in [3.05, 3.63) is 96.1 Å². The molecule has 0 heterocycles. The van der Waals surface area contributed by atoms with Crippen LogP contribution in [0.1, 0.15) is 166 Å². The molecule has 0 aliphatic carbocycles. The Morgan fingerprint density at radius 3 is 1.27 bits per heavy atom. The van der Waals surface area contributed by atoms with E-state index < -0.39 is 25.1 Å². The van der Waals surface area contributed by atoms with Gasteiger partial charge in [0.15, 0.2) is 0 Å². The van der Waals surface area contributed by atoms with E-state index in [2.05, 4.69) is 13.8 Å². The molecular weight excluding hydrogens is 865 g/mol. The molecule has 2 N–H and O–H groups in total. The fraction of sp³-hybridized carbons (Fsp3) is 0.520. The number of hydrogen-bond donors (Lipinski definition) is 2. The minimum Gasteiger partial charge on any atom is -0.872 e. The molecule has 4 aromatic rings. The number of aromatic hydroxyl groups is 1. The van der Waals surface area contributed by atoms with Crippen molar-refractivity contribution in [2.75, 3.05) is 0 Å². The van der Waals surface area contributed by atoms with Gasteiger partial charge in [-0.2, -0.15) is 8.42 Å². The van der Waals surface area contributed by atoms with Crippen molar-refractivity contribution in [2.24, 2.45) is 0 Å². The fourth-order valence-corrected chi connectivity index (χ4v) is 8.61. The summed E-state index contributed by atoms with van der Waals surface area (Å²) in [6.07, 6.45) is 28.9. The van der Waals surface area contributed by atoms with Crippen LogP contribution >= 0.6 is 0 Å². The third kappa shape index (κ3) is 23.3. The van der Waals surface area contributed by atoms with Crippen molar-refractivity contribution in [1.82, 2.24) is 0 Å². The van der Waals surface area contributed by atoms with E-state index in [1.165, 1.54) is 170 Å². The molecule has 13 heteroatoms. The van der Waals surface area contributed by atoms with Crippen LogP contribution in [0.15, 0.2) is 94.7 Å². The van der Waals surface area contributed by atoms with E-state index in [0.717, 1.165) is 43.2 Å². The van der Waals surface area contributed by atoms with Crippen LogP contribution in [0.4, 0.5) is 0 Å². The SMILES string of the molecule is CCCCCCCCCCCCCc1cc(O)ccc1Oc1ccccc1S(=O)(=O)O.CCCCCCCCCCCCCc1cc([O-])ccc1Oc1ccccc1S(=O)(=O)[O-].[Ca+2]. The minimum absolute atomic E-state index is 0.